The average Bonchev–Trinajstić information content (AvgIpc) is 3.18. The van der Waals surface area contributed by atoms with Gasteiger partial charge in [-0.15, -0.1) is 0 Å². The largest absolute Gasteiger partial charge is 0.471 e. The van der Waals surface area contributed by atoms with Crippen LogP contribution in [-0.2, 0) is 20.4 Å². The van der Waals surface area contributed by atoms with Crippen LogP contribution >= 0.6 is 0 Å². The van der Waals surface area contributed by atoms with Crippen LogP contribution in [-0.4, -0.2) is 65.2 Å². The van der Waals surface area contributed by atoms with E-state index in [0.29, 0.717) is 44.9 Å². The lowest BCUT2D eigenvalue weighted by Gasteiger charge is -2.24. The predicted molar refractivity (Wildman–Crippen MR) is 114 cm³/mol. The Morgan fingerprint density at radius 2 is 1.97 bits per heavy atom. The van der Waals surface area contributed by atoms with Gasteiger partial charge >= 0.3 is 6.18 Å². The minimum Gasteiger partial charge on any atom is -0.471 e. The fraction of sp³-hybridized carbons (Fsp3) is 0.400. The van der Waals surface area contributed by atoms with Gasteiger partial charge in [0.15, 0.2) is 5.82 Å². The third-order valence-electron chi connectivity index (χ3n) is 4.87. The highest BCUT2D eigenvalue weighted by molar-refractivity contribution is 5.88. The second-order valence-corrected chi connectivity index (χ2v) is 7.23. The van der Waals surface area contributed by atoms with Crippen molar-refractivity contribution < 1.29 is 31.9 Å². The van der Waals surface area contributed by atoms with Gasteiger partial charge in [0, 0.05) is 44.7 Å². The number of rotatable bonds is 8. The van der Waals surface area contributed by atoms with Gasteiger partial charge in [0.1, 0.15) is 23.9 Å². The number of nitrogens with zero attached hydrogens (tertiary/aromatic N) is 5. The van der Waals surface area contributed by atoms with E-state index in [0.717, 1.165) is 0 Å². The van der Waals surface area contributed by atoms with Crippen molar-refractivity contribution >= 4 is 29.5 Å². The molecule has 0 atom stereocenters. The van der Waals surface area contributed by atoms with Gasteiger partial charge < -0.3 is 34.3 Å². The molecule has 0 bridgehead atoms. The molecule has 0 radical (unpaired) electrons. The minimum absolute atomic E-state index is 0.0785. The molecule has 2 N–H and O–H groups in total. The molecular weight excluding hydrogens is 459 g/mol. The Kier molecular flexibility index (Phi) is 7.15. The Morgan fingerprint density at radius 1 is 1.15 bits per heavy atom. The Hall–Kier alpha value is -3.81. The number of carbonyl (C=O) groups is 1. The van der Waals surface area contributed by atoms with Gasteiger partial charge in [0.05, 0.1) is 19.5 Å². The lowest BCUT2D eigenvalue weighted by molar-refractivity contribution is -0.137. The Bertz CT molecular complexity index is 1050. The van der Waals surface area contributed by atoms with Crippen molar-refractivity contribution in [3.05, 3.63) is 42.8 Å². The molecule has 4 rings (SSSR count). The summed E-state index contributed by atoms with van der Waals surface area (Å²) in [4.78, 5) is 27.2. The number of hydrogen-bond acceptors (Lipinski definition) is 10. The van der Waals surface area contributed by atoms with Crippen molar-refractivity contribution in [3.63, 3.8) is 0 Å². The number of carbonyl (C=O) groups excluding carboxylic acids is 1. The van der Waals surface area contributed by atoms with E-state index >= 15 is 0 Å². The van der Waals surface area contributed by atoms with Gasteiger partial charge in [-0.3, -0.25) is 4.79 Å². The molecule has 2 aromatic rings. The maximum Gasteiger partial charge on any atom is 0.421 e. The first-order valence-electron chi connectivity index (χ1n) is 10.4. The Labute approximate surface area is 192 Å². The van der Waals surface area contributed by atoms with Crippen LogP contribution in [0.1, 0.15) is 12.0 Å². The van der Waals surface area contributed by atoms with E-state index in [1.807, 2.05) is 4.90 Å². The molecule has 14 heteroatoms. The second-order valence-electron chi connectivity index (χ2n) is 7.23. The standard InChI is InChI=1S/C20H22F3N7O4/c21-20(22,23)14-12-25-18(26-15-13-34-19(27-15)30-6-10-33-11-7-30)28-17(14)24-3-1-4-29-5-9-32-8-2-16(29)31/h2,5,8-9,12-13H,1,3-4,6-7,10-11H2,(H2,24,25,26,28). The number of anilines is 4. The number of alkyl halides is 3. The van der Waals surface area contributed by atoms with Gasteiger partial charge in [-0.05, 0) is 6.42 Å². The van der Waals surface area contributed by atoms with E-state index in [9.17, 15) is 18.0 Å². The number of morpholine rings is 1. The van der Waals surface area contributed by atoms with Gasteiger partial charge in [0.25, 0.3) is 11.9 Å². The number of halogens is 3. The third kappa shape index (κ3) is 5.95. The first kappa shape index (κ1) is 23.4. The topological polar surface area (TPSA) is 118 Å². The maximum absolute atomic E-state index is 13.4. The van der Waals surface area contributed by atoms with Gasteiger partial charge in [-0.2, -0.15) is 23.1 Å². The summed E-state index contributed by atoms with van der Waals surface area (Å²) in [5.41, 5.74) is -1.01. The van der Waals surface area contributed by atoms with E-state index < -0.39 is 11.7 Å². The summed E-state index contributed by atoms with van der Waals surface area (Å²) < 4.78 is 56.0. The zero-order valence-corrected chi connectivity index (χ0v) is 17.9. The fourth-order valence-corrected chi connectivity index (χ4v) is 3.18. The Balaban J connectivity index is 1.40. The number of nitrogens with one attached hydrogen (secondary N) is 2. The highest BCUT2D eigenvalue weighted by Gasteiger charge is 2.35. The molecule has 0 aliphatic carbocycles. The lowest BCUT2D eigenvalue weighted by atomic mass is 10.3. The van der Waals surface area contributed by atoms with E-state index in [4.69, 9.17) is 13.9 Å². The minimum atomic E-state index is -4.65. The molecular formula is C20H22F3N7O4. The molecule has 2 aliphatic heterocycles. The second kappa shape index (κ2) is 10.4. The molecule has 182 valence electrons. The quantitative estimate of drug-likeness (QED) is 0.545. The highest BCUT2D eigenvalue weighted by Crippen LogP contribution is 2.34. The van der Waals surface area contributed by atoms with Gasteiger partial charge in [0.2, 0.25) is 5.95 Å². The van der Waals surface area contributed by atoms with Crippen LogP contribution in [0.25, 0.3) is 0 Å². The van der Waals surface area contributed by atoms with Crippen molar-refractivity contribution in [1.82, 2.24) is 19.9 Å². The molecule has 2 aromatic heterocycles. The van der Waals surface area contributed by atoms with E-state index in [-0.39, 0.29) is 36.6 Å². The van der Waals surface area contributed by atoms with Crippen LogP contribution < -0.4 is 15.5 Å². The average molecular weight is 481 g/mol. The van der Waals surface area contributed by atoms with Crippen LogP contribution in [0.3, 0.4) is 0 Å². The molecule has 1 fully saturated rings. The first-order valence-corrected chi connectivity index (χ1v) is 10.4. The molecule has 1 amide bonds. The molecule has 4 heterocycles. The zero-order chi connectivity index (χ0) is 24.0. The smallest absolute Gasteiger partial charge is 0.421 e. The maximum atomic E-state index is 13.4. The van der Waals surface area contributed by atoms with Crippen molar-refractivity contribution in [2.45, 2.75) is 12.6 Å². The van der Waals surface area contributed by atoms with Crippen molar-refractivity contribution in [3.8, 4) is 0 Å². The van der Waals surface area contributed by atoms with E-state index in [2.05, 4.69) is 25.6 Å². The van der Waals surface area contributed by atoms with Crippen LogP contribution in [0.5, 0.6) is 0 Å². The SMILES string of the molecule is O=C1C=COC=CN1CCCNc1nc(Nc2coc(N3CCOCC3)n2)ncc1C(F)(F)F. The summed E-state index contributed by atoms with van der Waals surface area (Å²) in [6.07, 6.45) is 3.05. The third-order valence-corrected chi connectivity index (χ3v) is 4.87. The van der Waals surface area contributed by atoms with Crippen LogP contribution in [0, 0.1) is 0 Å². The molecule has 1 saturated heterocycles. The fourth-order valence-electron chi connectivity index (χ4n) is 3.18. The normalized spacial score (nSPS) is 16.4. The number of aromatic nitrogens is 3. The lowest BCUT2D eigenvalue weighted by Crippen LogP contribution is -2.36. The monoisotopic (exact) mass is 481 g/mol. The summed E-state index contributed by atoms with van der Waals surface area (Å²) in [6, 6.07) is 0.369. The number of amides is 1. The van der Waals surface area contributed by atoms with Crippen LogP contribution in [0.4, 0.5) is 36.8 Å². The van der Waals surface area contributed by atoms with Crippen LogP contribution in [0.15, 0.2) is 41.7 Å². The summed E-state index contributed by atoms with van der Waals surface area (Å²) in [7, 11) is 0. The molecule has 0 unspecified atom stereocenters. The van der Waals surface area contributed by atoms with Gasteiger partial charge in [-0.25, -0.2) is 4.98 Å². The zero-order valence-electron chi connectivity index (χ0n) is 17.9. The molecule has 2 aliphatic rings. The van der Waals surface area contributed by atoms with Crippen molar-refractivity contribution in [2.24, 2.45) is 0 Å². The summed E-state index contributed by atoms with van der Waals surface area (Å²) >= 11 is 0. The molecule has 11 nitrogen and oxygen atoms in total. The van der Waals surface area contributed by atoms with Gasteiger partial charge in [-0.1, -0.05) is 0 Å². The first-order chi connectivity index (χ1) is 16.4. The van der Waals surface area contributed by atoms with Crippen LogP contribution in [0.2, 0.25) is 0 Å². The number of hydrogen-bond donors (Lipinski definition) is 2. The summed E-state index contributed by atoms with van der Waals surface area (Å²) in [6.45, 7) is 2.74. The Morgan fingerprint density at radius 3 is 2.76 bits per heavy atom. The predicted octanol–water partition coefficient (Wildman–Crippen LogP) is 2.71. The number of oxazole rings is 1. The van der Waals surface area contributed by atoms with E-state index in [1.165, 1.54) is 36.0 Å². The summed E-state index contributed by atoms with van der Waals surface area (Å²) in [5.74, 6) is -0.496. The molecule has 0 saturated carbocycles. The molecule has 0 spiro atoms. The summed E-state index contributed by atoms with van der Waals surface area (Å²) in [5, 5.41) is 5.45. The molecule has 0 aromatic carbocycles. The van der Waals surface area contributed by atoms with Crippen molar-refractivity contribution in [2.75, 3.05) is 54.9 Å². The molecule has 34 heavy (non-hydrogen) atoms. The highest BCUT2D eigenvalue weighted by atomic mass is 19.4. The number of ether oxygens (including phenoxy) is 2. The van der Waals surface area contributed by atoms with E-state index in [1.54, 1.807) is 0 Å². The van der Waals surface area contributed by atoms with Crippen molar-refractivity contribution in [1.29, 1.82) is 0 Å².